The van der Waals surface area contributed by atoms with Crippen LogP contribution in [0.1, 0.15) is 19.2 Å². The van der Waals surface area contributed by atoms with E-state index in [2.05, 4.69) is 27.2 Å². The minimum absolute atomic E-state index is 0.263. The minimum atomic E-state index is -0.263. The highest BCUT2D eigenvalue weighted by atomic mass is 32.1. The Morgan fingerprint density at radius 3 is 3.15 bits per heavy atom. The molecule has 0 amide bonds. The third kappa shape index (κ3) is 2.62. The van der Waals surface area contributed by atoms with Gasteiger partial charge in [0, 0.05) is 6.54 Å². The van der Waals surface area contributed by atoms with Gasteiger partial charge in [-0.15, -0.1) is 11.3 Å². The zero-order valence-corrected chi connectivity index (χ0v) is 12.2. The molecule has 20 heavy (non-hydrogen) atoms. The van der Waals surface area contributed by atoms with Gasteiger partial charge in [-0.3, -0.25) is 4.90 Å². The lowest BCUT2D eigenvalue weighted by atomic mass is 9.96. The van der Waals surface area contributed by atoms with Crippen LogP contribution in [-0.4, -0.2) is 39.2 Å². The number of aliphatic hydroxyl groups is 1. The van der Waals surface area contributed by atoms with Crippen molar-refractivity contribution in [2.45, 2.75) is 26.0 Å². The van der Waals surface area contributed by atoms with Gasteiger partial charge in [-0.05, 0) is 30.3 Å². The van der Waals surface area contributed by atoms with Crippen molar-refractivity contribution in [3.05, 3.63) is 17.3 Å². The van der Waals surface area contributed by atoms with Crippen molar-refractivity contribution < 1.29 is 5.11 Å². The van der Waals surface area contributed by atoms with E-state index in [0.29, 0.717) is 24.8 Å². The number of aliphatic hydroxyl groups excluding tert-OH is 1. The first kappa shape index (κ1) is 13.7. The molecule has 0 aromatic carbocycles. The van der Waals surface area contributed by atoms with E-state index >= 15 is 0 Å². The summed E-state index contributed by atoms with van der Waals surface area (Å²) in [6.07, 6.45) is 0.742. The zero-order chi connectivity index (χ0) is 14.1. The van der Waals surface area contributed by atoms with Gasteiger partial charge in [0.15, 0.2) is 5.82 Å². The van der Waals surface area contributed by atoms with Gasteiger partial charge in [0.1, 0.15) is 10.7 Å². The number of β-amino-alcohol motifs (C(OH)–C–C–N with tert-alkyl or cyclic N) is 1. The molecule has 2 aromatic heterocycles. The number of thiophene rings is 1. The number of nitrogens with one attached hydrogen (secondary N) is 1. The summed E-state index contributed by atoms with van der Waals surface area (Å²) < 4.78 is 0. The van der Waals surface area contributed by atoms with Crippen LogP contribution in [0.15, 0.2) is 11.4 Å². The molecule has 2 atom stereocenters. The van der Waals surface area contributed by atoms with Gasteiger partial charge in [0.2, 0.25) is 0 Å². The average Bonchev–Trinajstić information content (AvgIpc) is 2.90. The van der Waals surface area contributed by atoms with E-state index < -0.39 is 0 Å². The van der Waals surface area contributed by atoms with Crippen LogP contribution < -0.4 is 11.3 Å². The normalized spacial score (nSPS) is 24.1. The molecule has 1 fully saturated rings. The van der Waals surface area contributed by atoms with E-state index in [1.807, 2.05) is 11.4 Å². The molecule has 0 radical (unpaired) electrons. The van der Waals surface area contributed by atoms with Crippen molar-refractivity contribution in [1.29, 1.82) is 0 Å². The summed E-state index contributed by atoms with van der Waals surface area (Å²) in [5.74, 6) is 7.31. The van der Waals surface area contributed by atoms with Crippen LogP contribution >= 0.6 is 11.3 Å². The summed E-state index contributed by atoms with van der Waals surface area (Å²) in [4.78, 5) is 12.2. The SMILES string of the molecule is CC1CCN(Cc2nc(NN)c3ccsc3n2)CC1O. The van der Waals surface area contributed by atoms with Crippen LogP contribution in [0.5, 0.6) is 0 Å². The highest BCUT2D eigenvalue weighted by Gasteiger charge is 2.24. The maximum Gasteiger partial charge on any atom is 0.152 e. The molecule has 7 heteroatoms. The largest absolute Gasteiger partial charge is 0.392 e. The number of anilines is 1. The molecule has 3 rings (SSSR count). The second kappa shape index (κ2) is 5.61. The molecule has 1 aliphatic heterocycles. The Morgan fingerprint density at radius 2 is 2.40 bits per heavy atom. The molecular formula is C13H19N5OS. The Hall–Kier alpha value is -1.28. The predicted molar refractivity (Wildman–Crippen MR) is 80.3 cm³/mol. The van der Waals surface area contributed by atoms with Crippen molar-refractivity contribution in [2.24, 2.45) is 11.8 Å². The Morgan fingerprint density at radius 1 is 1.55 bits per heavy atom. The van der Waals surface area contributed by atoms with Gasteiger partial charge in [0.05, 0.1) is 18.0 Å². The topological polar surface area (TPSA) is 87.3 Å². The Kier molecular flexibility index (Phi) is 3.84. The maximum absolute atomic E-state index is 9.95. The minimum Gasteiger partial charge on any atom is -0.392 e. The van der Waals surface area contributed by atoms with E-state index in [1.165, 1.54) is 0 Å². The molecule has 1 aliphatic rings. The number of nitrogens with zero attached hydrogens (tertiary/aromatic N) is 3. The molecule has 0 saturated carbocycles. The third-order valence-corrected chi connectivity index (χ3v) is 4.68. The lowest BCUT2D eigenvalue weighted by Crippen LogP contribution is -2.42. The number of rotatable bonds is 3. The summed E-state index contributed by atoms with van der Waals surface area (Å²) in [7, 11) is 0. The van der Waals surface area contributed by atoms with Gasteiger partial charge in [-0.2, -0.15) is 0 Å². The van der Waals surface area contributed by atoms with Crippen molar-refractivity contribution in [2.75, 3.05) is 18.5 Å². The number of nitrogens with two attached hydrogens (primary N) is 1. The number of hydrogen-bond acceptors (Lipinski definition) is 7. The highest BCUT2D eigenvalue weighted by molar-refractivity contribution is 7.16. The zero-order valence-electron chi connectivity index (χ0n) is 11.4. The van der Waals surface area contributed by atoms with Crippen molar-refractivity contribution in [1.82, 2.24) is 14.9 Å². The van der Waals surface area contributed by atoms with E-state index in [9.17, 15) is 5.11 Å². The summed E-state index contributed by atoms with van der Waals surface area (Å²) in [6.45, 7) is 4.38. The quantitative estimate of drug-likeness (QED) is 0.582. The lowest BCUT2D eigenvalue weighted by Gasteiger charge is -2.33. The standard InChI is InChI=1S/C13H19N5OS/c1-8-2-4-18(6-10(8)19)7-11-15-12(17-14)9-3-5-20-13(9)16-11/h3,5,8,10,19H,2,4,6-7,14H2,1H3,(H,15,16,17). The maximum atomic E-state index is 9.95. The second-order valence-electron chi connectivity index (χ2n) is 5.34. The Bertz CT molecular complexity index is 601. The van der Waals surface area contributed by atoms with Crippen molar-refractivity contribution in [3.63, 3.8) is 0 Å². The van der Waals surface area contributed by atoms with Gasteiger partial charge >= 0.3 is 0 Å². The average molecular weight is 293 g/mol. The first-order chi connectivity index (χ1) is 9.67. The molecular weight excluding hydrogens is 274 g/mol. The first-order valence-corrected chi connectivity index (χ1v) is 7.66. The van der Waals surface area contributed by atoms with E-state index in [4.69, 9.17) is 5.84 Å². The summed E-state index contributed by atoms with van der Waals surface area (Å²) >= 11 is 1.58. The number of hydrazine groups is 1. The molecule has 2 aromatic rings. The van der Waals surface area contributed by atoms with E-state index in [1.54, 1.807) is 11.3 Å². The van der Waals surface area contributed by atoms with Crippen LogP contribution in [0.2, 0.25) is 0 Å². The van der Waals surface area contributed by atoms with E-state index in [0.717, 1.165) is 29.0 Å². The van der Waals surface area contributed by atoms with Crippen molar-refractivity contribution in [3.8, 4) is 0 Å². The number of aromatic nitrogens is 2. The number of nitrogen functional groups attached to an aromatic ring is 1. The first-order valence-electron chi connectivity index (χ1n) is 6.78. The molecule has 1 saturated heterocycles. The number of hydrogen-bond donors (Lipinski definition) is 3. The molecule has 108 valence electrons. The second-order valence-corrected chi connectivity index (χ2v) is 6.24. The van der Waals surface area contributed by atoms with E-state index in [-0.39, 0.29) is 6.10 Å². The van der Waals surface area contributed by atoms with Gasteiger partial charge in [-0.25, -0.2) is 15.8 Å². The predicted octanol–water partition coefficient (Wildman–Crippen LogP) is 1.18. The Balaban J connectivity index is 1.80. The Labute approximate surface area is 121 Å². The summed E-state index contributed by atoms with van der Waals surface area (Å²) in [5.41, 5.74) is 2.64. The molecule has 4 N–H and O–H groups in total. The monoisotopic (exact) mass is 293 g/mol. The molecule has 3 heterocycles. The van der Waals surface area contributed by atoms with Gasteiger partial charge in [-0.1, -0.05) is 6.92 Å². The van der Waals surface area contributed by atoms with Crippen LogP contribution in [0, 0.1) is 5.92 Å². The van der Waals surface area contributed by atoms with Crippen LogP contribution in [0.4, 0.5) is 5.82 Å². The third-order valence-electron chi connectivity index (χ3n) is 3.88. The fraction of sp³-hybridized carbons (Fsp3) is 0.538. The summed E-state index contributed by atoms with van der Waals surface area (Å²) in [5, 5.41) is 12.9. The number of fused-ring (bicyclic) bond motifs is 1. The smallest absolute Gasteiger partial charge is 0.152 e. The highest BCUT2D eigenvalue weighted by Crippen LogP contribution is 2.25. The molecule has 0 bridgehead atoms. The summed E-state index contributed by atoms with van der Waals surface area (Å²) in [6, 6.07) is 1.96. The lowest BCUT2D eigenvalue weighted by molar-refractivity contribution is 0.0250. The fourth-order valence-corrected chi connectivity index (χ4v) is 3.32. The number of likely N-dealkylation sites (tertiary alicyclic amines) is 1. The number of piperidine rings is 1. The molecule has 2 unspecified atom stereocenters. The van der Waals surface area contributed by atoms with Crippen molar-refractivity contribution >= 4 is 27.4 Å². The van der Waals surface area contributed by atoms with Crippen LogP contribution in [0.3, 0.4) is 0 Å². The van der Waals surface area contributed by atoms with Crippen LogP contribution in [0.25, 0.3) is 10.2 Å². The molecule has 0 aliphatic carbocycles. The fourth-order valence-electron chi connectivity index (χ4n) is 2.54. The van der Waals surface area contributed by atoms with Crippen LogP contribution in [-0.2, 0) is 6.54 Å². The van der Waals surface area contributed by atoms with Gasteiger partial charge < -0.3 is 10.5 Å². The van der Waals surface area contributed by atoms with Gasteiger partial charge in [0.25, 0.3) is 0 Å². The molecule has 0 spiro atoms. The molecule has 6 nitrogen and oxygen atoms in total.